The van der Waals surface area contributed by atoms with E-state index in [9.17, 15) is 12.9 Å². The van der Waals surface area contributed by atoms with Gasteiger partial charge >= 0.3 is 58.4 Å². The van der Waals surface area contributed by atoms with E-state index in [1.54, 1.807) is 0 Å². The number of aromatic nitrogens is 1. The maximum Gasteiger partial charge on any atom is 1.00 e. The van der Waals surface area contributed by atoms with E-state index in [1.807, 2.05) is 13.8 Å². The van der Waals surface area contributed by atoms with Gasteiger partial charge in [0.05, 0.1) is 12.8 Å². The number of ether oxygens (including phenoxy) is 1. The Morgan fingerprint density at radius 1 is 1.35 bits per heavy atom. The molecule has 0 aliphatic heterocycles. The van der Waals surface area contributed by atoms with Crippen molar-refractivity contribution in [2.24, 2.45) is 5.92 Å². The van der Waals surface area contributed by atoms with Crippen LogP contribution in [0.3, 0.4) is 0 Å². The van der Waals surface area contributed by atoms with Crippen LogP contribution in [-0.4, -0.2) is 18.6 Å². The number of nitrogens with zero attached hydrogens (tertiary/aromatic N) is 1. The van der Waals surface area contributed by atoms with Crippen LogP contribution in [0.5, 0.6) is 5.75 Å². The molecule has 90 valence electrons. The molecular formula is C10H14BF3KNO. The van der Waals surface area contributed by atoms with Gasteiger partial charge in [0.15, 0.2) is 0 Å². The van der Waals surface area contributed by atoms with E-state index in [-0.39, 0.29) is 57.1 Å². The normalized spacial score (nSPS) is 12.8. The van der Waals surface area contributed by atoms with Crippen molar-refractivity contribution < 1.29 is 69.1 Å². The van der Waals surface area contributed by atoms with Crippen molar-refractivity contribution in [3.63, 3.8) is 0 Å². The molecule has 1 aromatic heterocycles. The summed E-state index contributed by atoms with van der Waals surface area (Å²) in [5.41, 5.74) is -0.721. The molecule has 0 aromatic carbocycles. The molecule has 0 amide bonds. The first-order valence-corrected chi connectivity index (χ1v) is 5.21. The molecule has 2 nitrogen and oxygen atoms in total. The Labute approximate surface area is 142 Å². The fourth-order valence-corrected chi connectivity index (χ4v) is 1.05. The van der Waals surface area contributed by atoms with Crippen LogP contribution in [-0.2, 0) is 0 Å². The minimum atomic E-state index is -5.00. The van der Waals surface area contributed by atoms with E-state index < -0.39 is 12.4 Å². The molecule has 0 aliphatic carbocycles. The minimum Gasteiger partial charge on any atom is -0.492 e. The van der Waals surface area contributed by atoms with Crippen LogP contribution < -0.4 is 61.6 Å². The van der Waals surface area contributed by atoms with E-state index in [2.05, 4.69) is 4.98 Å². The molecule has 1 heterocycles. The molecule has 0 aliphatic rings. The van der Waals surface area contributed by atoms with Crippen molar-refractivity contribution in [1.29, 1.82) is 0 Å². The first-order valence-electron chi connectivity index (χ1n) is 5.21. The second kappa shape index (κ2) is 7.78. The monoisotopic (exact) mass is 271 g/mol. The summed E-state index contributed by atoms with van der Waals surface area (Å²) < 4.78 is 42.4. The summed E-state index contributed by atoms with van der Waals surface area (Å²) in [5, 5.41) is 0. The van der Waals surface area contributed by atoms with Crippen LogP contribution in [0.15, 0.2) is 18.5 Å². The first-order chi connectivity index (χ1) is 7.43. The maximum atomic E-state index is 12.4. The van der Waals surface area contributed by atoms with Crippen LogP contribution in [0.4, 0.5) is 12.9 Å². The van der Waals surface area contributed by atoms with Crippen LogP contribution in [0, 0.1) is 5.92 Å². The number of rotatable bonds is 5. The van der Waals surface area contributed by atoms with Gasteiger partial charge in [0.1, 0.15) is 5.75 Å². The van der Waals surface area contributed by atoms with E-state index in [1.165, 1.54) is 6.20 Å². The van der Waals surface area contributed by atoms with E-state index in [0.717, 1.165) is 18.7 Å². The summed E-state index contributed by atoms with van der Waals surface area (Å²) in [4.78, 5) is 3.53. The Hall–Kier alpha value is 0.441. The molecule has 0 saturated heterocycles. The summed E-state index contributed by atoms with van der Waals surface area (Å²) in [6.45, 7) is -0.614. The maximum absolute atomic E-state index is 12.4. The summed E-state index contributed by atoms with van der Waals surface area (Å²) in [6.07, 6.45) is 3.04. The third kappa shape index (κ3) is 6.24. The zero-order valence-electron chi connectivity index (χ0n) is 10.3. The summed E-state index contributed by atoms with van der Waals surface area (Å²) in [5.74, 6) is 0.497. The molecule has 0 radical (unpaired) electrons. The molecule has 17 heavy (non-hydrogen) atoms. The van der Waals surface area contributed by atoms with Crippen LogP contribution in [0.25, 0.3) is 0 Å². The predicted molar refractivity (Wildman–Crippen MR) is 57.9 cm³/mol. The van der Waals surface area contributed by atoms with Crippen molar-refractivity contribution in [3.05, 3.63) is 18.5 Å². The molecule has 0 spiro atoms. The van der Waals surface area contributed by atoms with Crippen LogP contribution >= 0.6 is 0 Å². The molecule has 7 heteroatoms. The second-order valence-corrected chi connectivity index (χ2v) is 3.85. The average molecular weight is 271 g/mol. The Kier molecular flexibility index (Phi) is 7.99. The zero-order valence-corrected chi connectivity index (χ0v) is 13.4. The number of hydrogen-bond donors (Lipinski definition) is 0. The smallest absolute Gasteiger partial charge is 0.492 e. The summed E-state index contributed by atoms with van der Waals surface area (Å²) in [7, 11) is 0. The third-order valence-electron chi connectivity index (χ3n) is 2.34. The number of halogens is 3. The molecule has 0 fully saturated rings. The standard InChI is InChI=1S/C10H14BF3NO.K/c1-3-8(2)7-16-10-4-9(5-15-6-10)11(12,13)14;/h4-6,8H,3,7H2,1-2H3;/q-1;+1. The summed E-state index contributed by atoms with van der Waals surface area (Å²) in [6, 6.07) is 0.995. The Bertz CT molecular complexity index is 349. The van der Waals surface area contributed by atoms with E-state index >= 15 is 0 Å². The Morgan fingerprint density at radius 2 is 2.00 bits per heavy atom. The van der Waals surface area contributed by atoms with Gasteiger partial charge in [0.2, 0.25) is 0 Å². The quantitative estimate of drug-likeness (QED) is 0.678. The number of pyridine rings is 1. The fourth-order valence-electron chi connectivity index (χ4n) is 1.05. The van der Waals surface area contributed by atoms with E-state index in [4.69, 9.17) is 4.74 Å². The van der Waals surface area contributed by atoms with Crippen LogP contribution in [0.1, 0.15) is 20.3 Å². The van der Waals surface area contributed by atoms with Gasteiger partial charge in [-0.1, -0.05) is 25.7 Å². The SMILES string of the molecule is CCC(C)COc1cncc([B-](F)(F)F)c1.[K+]. The molecule has 0 N–H and O–H groups in total. The fraction of sp³-hybridized carbons (Fsp3) is 0.500. The number of hydrogen-bond acceptors (Lipinski definition) is 2. The van der Waals surface area contributed by atoms with Gasteiger partial charge in [-0.3, -0.25) is 4.98 Å². The van der Waals surface area contributed by atoms with Gasteiger partial charge in [-0.05, 0) is 12.0 Å². The van der Waals surface area contributed by atoms with E-state index in [0.29, 0.717) is 12.5 Å². The van der Waals surface area contributed by atoms with Crippen LogP contribution in [0.2, 0.25) is 0 Å². The van der Waals surface area contributed by atoms with Gasteiger partial charge in [-0.25, -0.2) is 0 Å². The molecule has 1 rings (SSSR count). The largest absolute Gasteiger partial charge is 1.00 e. The van der Waals surface area contributed by atoms with Crippen molar-refractivity contribution in [3.8, 4) is 5.75 Å². The van der Waals surface area contributed by atoms with Gasteiger partial charge in [0, 0.05) is 6.20 Å². The van der Waals surface area contributed by atoms with Crippen molar-refractivity contribution >= 4 is 12.4 Å². The summed E-state index contributed by atoms with van der Waals surface area (Å²) >= 11 is 0. The Balaban J connectivity index is 0.00000256. The molecule has 0 saturated carbocycles. The molecular weight excluding hydrogens is 257 g/mol. The predicted octanol–water partition coefficient (Wildman–Crippen LogP) is -0.435. The third-order valence-corrected chi connectivity index (χ3v) is 2.34. The van der Waals surface area contributed by atoms with Gasteiger partial charge in [-0.2, -0.15) is 0 Å². The second-order valence-electron chi connectivity index (χ2n) is 3.85. The Morgan fingerprint density at radius 3 is 2.53 bits per heavy atom. The van der Waals surface area contributed by atoms with Gasteiger partial charge < -0.3 is 17.7 Å². The molecule has 1 unspecified atom stereocenters. The van der Waals surface area contributed by atoms with Gasteiger partial charge in [0.25, 0.3) is 0 Å². The van der Waals surface area contributed by atoms with Crippen molar-refractivity contribution in [1.82, 2.24) is 4.98 Å². The average Bonchev–Trinajstić information content (AvgIpc) is 2.25. The minimum absolute atomic E-state index is 0. The molecule has 0 bridgehead atoms. The topological polar surface area (TPSA) is 22.1 Å². The zero-order chi connectivity index (χ0) is 12.2. The molecule has 1 atom stereocenters. The molecule has 1 aromatic rings. The first kappa shape index (κ1) is 17.4. The van der Waals surface area contributed by atoms with Crippen molar-refractivity contribution in [2.75, 3.05) is 6.61 Å². The van der Waals surface area contributed by atoms with Crippen molar-refractivity contribution in [2.45, 2.75) is 20.3 Å². The van der Waals surface area contributed by atoms with Gasteiger partial charge in [-0.15, -0.1) is 0 Å².